The highest BCUT2D eigenvalue weighted by Gasteiger charge is 2.31. The number of hydrogen-bond donors (Lipinski definition) is 1. The van der Waals surface area contributed by atoms with E-state index < -0.39 is 17.7 Å². The SMILES string of the molecule is O=C(O)CCCc1nn(Cc2ccc(Cl)cc2Cl)c2cc(C(F)(F)F)ccc12. The topological polar surface area (TPSA) is 55.1 Å². The predicted molar refractivity (Wildman–Crippen MR) is 101 cm³/mol. The Kier molecular flexibility index (Phi) is 5.86. The lowest BCUT2D eigenvalue weighted by molar-refractivity contribution is -0.138. The van der Waals surface area contributed by atoms with Gasteiger partial charge in [0.1, 0.15) is 0 Å². The van der Waals surface area contributed by atoms with Gasteiger partial charge in [0, 0.05) is 21.9 Å². The number of aliphatic carboxylic acids is 1. The van der Waals surface area contributed by atoms with Gasteiger partial charge in [-0.25, -0.2) is 0 Å². The fourth-order valence-electron chi connectivity index (χ4n) is 2.94. The van der Waals surface area contributed by atoms with Crippen LogP contribution in [0, 0.1) is 0 Å². The van der Waals surface area contributed by atoms with Crippen molar-refractivity contribution in [2.24, 2.45) is 0 Å². The molecule has 0 atom stereocenters. The lowest BCUT2D eigenvalue weighted by atomic mass is 10.1. The standard InChI is InChI=1S/C19H15Cl2F3N2O2/c20-13-6-4-11(15(21)9-13)10-26-17-8-12(19(22,23)24)5-7-14(17)16(25-26)2-1-3-18(27)28/h4-9H,1-3,10H2,(H,27,28). The fourth-order valence-corrected chi connectivity index (χ4v) is 3.41. The second-order valence-electron chi connectivity index (χ2n) is 6.32. The van der Waals surface area contributed by atoms with E-state index in [0.29, 0.717) is 45.0 Å². The van der Waals surface area contributed by atoms with E-state index in [9.17, 15) is 18.0 Å². The molecule has 1 heterocycles. The average Bonchev–Trinajstić information content (AvgIpc) is 2.93. The lowest BCUT2D eigenvalue weighted by Crippen LogP contribution is -2.06. The van der Waals surface area contributed by atoms with E-state index in [1.165, 1.54) is 10.7 Å². The van der Waals surface area contributed by atoms with E-state index in [0.717, 1.165) is 12.1 Å². The summed E-state index contributed by atoms with van der Waals surface area (Å²) in [6.07, 6.45) is -3.84. The quantitative estimate of drug-likeness (QED) is 0.536. The average molecular weight is 431 g/mol. The number of aryl methyl sites for hydroxylation is 1. The van der Waals surface area contributed by atoms with Crippen LogP contribution in [-0.4, -0.2) is 20.9 Å². The van der Waals surface area contributed by atoms with Gasteiger partial charge in [0.25, 0.3) is 0 Å². The Morgan fingerprint density at radius 3 is 2.54 bits per heavy atom. The molecule has 148 valence electrons. The minimum atomic E-state index is -4.48. The third-order valence-corrected chi connectivity index (χ3v) is 4.88. The Balaban J connectivity index is 2.04. The molecule has 0 unspecified atom stereocenters. The summed E-state index contributed by atoms with van der Waals surface area (Å²) in [4.78, 5) is 10.7. The molecule has 0 aliphatic carbocycles. The molecular weight excluding hydrogens is 416 g/mol. The maximum absolute atomic E-state index is 13.2. The highest BCUT2D eigenvalue weighted by atomic mass is 35.5. The molecule has 2 aromatic carbocycles. The van der Waals surface area contributed by atoms with Gasteiger partial charge in [-0.2, -0.15) is 18.3 Å². The molecule has 9 heteroatoms. The number of aromatic nitrogens is 2. The van der Waals surface area contributed by atoms with Crippen molar-refractivity contribution in [3.63, 3.8) is 0 Å². The van der Waals surface area contributed by atoms with E-state index >= 15 is 0 Å². The maximum atomic E-state index is 13.2. The first-order valence-electron chi connectivity index (χ1n) is 8.37. The monoisotopic (exact) mass is 430 g/mol. The molecule has 28 heavy (non-hydrogen) atoms. The molecule has 0 fully saturated rings. The first-order chi connectivity index (χ1) is 13.1. The van der Waals surface area contributed by atoms with Crippen LogP contribution in [0.1, 0.15) is 29.7 Å². The smallest absolute Gasteiger partial charge is 0.416 e. The number of fused-ring (bicyclic) bond motifs is 1. The summed E-state index contributed by atoms with van der Waals surface area (Å²) in [6, 6.07) is 8.32. The van der Waals surface area contributed by atoms with Crippen molar-refractivity contribution >= 4 is 40.1 Å². The molecule has 1 aromatic heterocycles. The van der Waals surface area contributed by atoms with E-state index in [1.54, 1.807) is 18.2 Å². The van der Waals surface area contributed by atoms with Crippen molar-refractivity contribution in [3.05, 3.63) is 63.3 Å². The van der Waals surface area contributed by atoms with Gasteiger partial charge in [0.2, 0.25) is 0 Å². The van der Waals surface area contributed by atoms with Gasteiger partial charge in [-0.3, -0.25) is 9.48 Å². The molecule has 0 amide bonds. The van der Waals surface area contributed by atoms with Crippen LogP contribution >= 0.6 is 23.2 Å². The molecule has 0 spiro atoms. The number of benzene rings is 2. The molecule has 3 rings (SSSR count). The van der Waals surface area contributed by atoms with E-state index in [2.05, 4.69) is 5.10 Å². The number of carboxylic acid groups (broad SMARTS) is 1. The molecule has 1 N–H and O–H groups in total. The molecule has 0 aliphatic heterocycles. The molecule has 0 saturated carbocycles. The first kappa shape index (κ1) is 20.5. The maximum Gasteiger partial charge on any atom is 0.416 e. The van der Waals surface area contributed by atoms with Crippen LogP contribution in [0.25, 0.3) is 10.9 Å². The summed E-state index contributed by atoms with van der Waals surface area (Å²) in [7, 11) is 0. The molecule has 0 radical (unpaired) electrons. The Bertz CT molecular complexity index is 1030. The summed E-state index contributed by atoms with van der Waals surface area (Å²) in [5, 5.41) is 14.6. The van der Waals surface area contributed by atoms with Gasteiger partial charge in [-0.1, -0.05) is 35.3 Å². The minimum absolute atomic E-state index is 0.0437. The summed E-state index contributed by atoms with van der Waals surface area (Å²) in [6.45, 7) is 0.159. The summed E-state index contributed by atoms with van der Waals surface area (Å²) in [5.74, 6) is -0.934. The van der Waals surface area contributed by atoms with Crippen LogP contribution in [0.3, 0.4) is 0 Å². The molecule has 4 nitrogen and oxygen atoms in total. The van der Waals surface area contributed by atoms with Gasteiger partial charge in [-0.15, -0.1) is 0 Å². The summed E-state index contributed by atoms with van der Waals surface area (Å²) >= 11 is 12.1. The van der Waals surface area contributed by atoms with Gasteiger partial charge >= 0.3 is 12.1 Å². The second-order valence-corrected chi connectivity index (χ2v) is 7.16. The molecule has 0 aliphatic rings. The predicted octanol–water partition coefficient (Wildman–Crippen LogP) is 5.82. The van der Waals surface area contributed by atoms with Crippen LogP contribution in [-0.2, 0) is 23.9 Å². The zero-order chi connectivity index (χ0) is 20.5. The number of halogens is 5. The number of alkyl halides is 3. The van der Waals surface area contributed by atoms with Gasteiger partial charge in [0.05, 0.1) is 23.3 Å². The van der Waals surface area contributed by atoms with E-state index in [1.807, 2.05) is 0 Å². The Morgan fingerprint density at radius 2 is 1.89 bits per heavy atom. The minimum Gasteiger partial charge on any atom is -0.481 e. The Hall–Kier alpha value is -2.25. The summed E-state index contributed by atoms with van der Waals surface area (Å²) < 4.78 is 40.9. The van der Waals surface area contributed by atoms with Gasteiger partial charge < -0.3 is 5.11 Å². The number of hydrogen-bond acceptors (Lipinski definition) is 2. The molecular formula is C19H15Cl2F3N2O2. The van der Waals surface area contributed by atoms with Crippen molar-refractivity contribution in [3.8, 4) is 0 Å². The molecule has 0 saturated heterocycles. The zero-order valence-electron chi connectivity index (χ0n) is 14.4. The van der Waals surface area contributed by atoms with Gasteiger partial charge in [0.15, 0.2) is 0 Å². The lowest BCUT2D eigenvalue weighted by Gasteiger charge is -2.09. The van der Waals surface area contributed by atoms with Crippen molar-refractivity contribution in [1.82, 2.24) is 9.78 Å². The molecule has 0 bridgehead atoms. The highest BCUT2D eigenvalue weighted by Crippen LogP contribution is 2.33. The van der Waals surface area contributed by atoms with Crippen LogP contribution in [0.15, 0.2) is 36.4 Å². The third-order valence-electron chi connectivity index (χ3n) is 4.29. The number of nitrogens with zero attached hydrogens (tertiary/aromatic N) is 2. The van der Waals surface area contributed by atoms with Crippen molar-refractivity contribution in [2.75, 3.05) is 0 Å². The number of rotatable bonds is 6. The second kappa shape index (κ2) is 8.01. The summed E-state index contributed by atoms with van der Waals surface area (Å²) in [5.41, 5.74) is 0.742. The van der Waals surface area contributed by atoms with Gasteiger partial charge in [-0.05, 0) is 42.7 Å². The van der Waals surface area contributed by atoms with E-state index in [-0.39, 0.29) is 13.0 Å². The third kappa shape index (κ3) is 4.59. The van der Waals surface area contributed by atoms with E-state index in [4.69, 9.17) is 28.3 Å². The first-order valence-corrected chi connectivity index (χ1v) is 9.13. The van der Waals surface area contributed by atoms with Crippen LogP contribution in [0.2, 0.25) is 10.0 Å². The normalized spacial score (nSPS) is 11.9. The van der Waals surface area contributed by atoms with Crippen LogP contribution in [0.5, 0.6) is 0 Å². The zero-order valence-corrected chi connectivity index (χ0v) is 15.9. The van der Waals surface area contributed by atoms with Crippen molar-refractivity contribution < 1.29 is 23.1 Å². The van der Waals surface area contributed by atoms with Crippen molar-refractivity contribution in [1.29, 1.82) is 0 Å². The van der Waals surface area contributed by atoms with Crippen LogP contribution < -0.4 is 0 Å². The van der Waals surface area contributed by atoms with Crippen LogP contribution in [0.4, 0.5) is 13.2 Å². The number of carboxylic acids is 1. The Morgan fingerprint density at radius 1 is 1.14 bits per heavy atom. The molecule has 3 aromatic rings. The highest BCUT2D eigenvalue weighted by molar-refractivity contribution is 6.35. The number of carbonyl (C=O) groups is 1. The fraction of sp³-hybridized carbons (Fsp3) is 0.263. The van der Waals surface area contributed by atoms with Crippen molar-refractivity contribution in [2.45, 2.75) is 32.0 Å². The Labute approximate surface area is 168 Å². The largest absolute Gasteiger partial charge is 0.481 e.